The number of guanidine groups is 1. The van der Waals surface area contributed by atoms with E-state index >= 15 is 0 Å². The fourth-order valence-electron chi connectivity index (χ4n) is 3.33. The summed E-state index contributed by atoms with van der Waals surface area (Å²) in [7, 11) is 1.72. The molecule has 2 saturated heterocycles. The molecule has 2 fully saturated rings. The third kappa shape index (κ3) is 4.53. The number of aliphatic imine (C=N–C) groups is 1. The number of carbonyl (C=O) groups is 2. The molecular weight excluding hydrogens is 352 g/mol. The second kappa shape index (κ2) is 9.00. The van der Waals surface area contributed by atoms with Crippen molar-refractivity contribution in [1.29, 1.82) is 0 Å². The first-order valence-electron chi connectivity index (χ1n) is 8.99. The number of imide groups is 1. The molecule has 3 N–H and O–H groups in total. The van der Waals surface area contributed by atoms with Gasteiger partial charge in [0.1, 0.15) is 0 Å². The van der Waals surface area contributed by atoms with Gasteiger partial charge in [-0.15, -0.1) is 11.3 Å². The minimum Gasteiger partial charge on any atom is -0.355 e. The topological polar surface area (TPSA) is 89.1 Å². The van der Waals surface area contributed by atoms with Crippen LogP contribution >= 0.6 is 11.3 Å². The van der Waals surface area contributed by atoms with Crippen LogP contribution < -0.4 is 16.0 Å². The van der Waals surface area contributed by atoms with E-state index in [4.69, 9.17) is 0 Å². The lowest BCUT2D eigenvalue weighted by Gasteiger charge is -2.27. The van der Waals surface area contributed by atoms with E-state index in [1.165, 1.54) is 22.6 Å². The smallest absolute Gasteiger partial charge is 0.324 e. The molecule has 26 heavy (non-hydrogen) atoms. The molecule has 2 aliphatic heterocycles. The molecule has 9 heteroatoms. The van der Waals surface area contributed by atoms with Gasteiger partial charge in [0.25, 0.3) is 0 Å². The van der Waals surface area contributed by atoms with Gasteiger partial charge in [-0.3, -0.25) is 19.6 Å². The molecule has 2 aliphatic rings. The zero-order valence-electron chi connectivity index (χ0n) is 15.0. The number of thiophene rings is 1. The molecule has 1 atom stereocenters. The van der Waals surface area contributed by atoms with Crippen LogP contribution in [0.2, 0.25) is 0 Å². The maximum absolute atomic E-state index is 11.6. The van der Waals surface area contributed by atoms with Crippen molar-refractivity contribution >= 4 is 29.2 Å². The molecule has 0 saturated carbocycles. The number of rotatable bonds is 7. The van der Waals surface area contributed by atoms with Gasteiger partial charge in [-0.2, -0.15) is 0 Å². The first kappa shape index (κ1) is 18.7. The zero-order chi connectivity index (χ0) is 18.4. The van der Waals surface area contributed by atoms with E-state index in [2.05, 4.69) is 43.4 Å². The van der Waals surface area contributed by atoms with Gasteiger partial charge in [-0.25, -0.2) is 4.79 Å². The third-order valence-corrected chi connectivity index (χ3v) is 5.68. The minimum atomic E-state index is -0.327. The lowest BCUT2D eigenvalue weighted by molar-refractivity contribution is -0.124. The Morgan fingerprint density at radius 3 is 2.77 bits per heavy atom. The average Bonchev–Trinajstić information content (AvgIpc) is 3.39. The van der Waals surface area contributed by atoms with Crippen molar-refractivity contribution in [3.63, 3.8) is 0 Å². The molecule has 8 nitrogen and oxygen atoms in total. The predicted molar refractivity (Wildman–Crippen MR) is 102 cm³/mol. The Morgan fingerprint density at radius 2 is 2.15 bits per heavy atom. The second-order valence-electron chi connectivity index (χ2n) is 6.36. The number of urea groups is 1. The molecule has 1 aromatic rings. The van der Waals surface area contributed by atoms with Gasteiger partial charge >= 0.3 is 6.03 Å². The number of hydrogen-bond donors (Lipinski definition) is 3. The molecule has 0 spiro atoms. The van der Waals surface area contributed by atoms with Gasteiger partial charge in [0.15, 0.2) is 5.96 Å². The van der Waals surface area contributed by atoms with Crippen LogP contribution in [0, 0.1) is 0 Å². The fraction of sp³-hybridized carbons (Fsp3) is 0.588. The van der Waals surface area contributed by atoms with E-state index in [0.29, 0.717) is 25.1 Å². The second-order valence-corrected chi connectivity index (χ2v) is 7.34. The summed E-state index contributed by atoms with van der Waals surface area (Å²) >= 11 is 1.78. The van der Waals surface area contributed by atoms with Crippen molar-refractivity contribution in [1.82, 2.24) is 25.8 Å². The lowest BCUT2D eigenvalue weighted by atomic mass is 10.2. The first-order chi connectivity index (χ1) is 12.7. The number of carbonyl (C=O) groups excluding carboxylic acids is 2. The average molecular weight is 379 g/mol. The van der Waals surface area contributed by atoms with E-state index in [1.54, 1.807) is 18.4 Å². The maximum atomic E-state index is 11.6. The molecule has 1 aromatic heterocycles. The van der Waals surface area contributed by atoms with E-state index in [-0.39, 0.29) is 18.5 Å². The van der Waals surface area contributed by atoms with Crippen LogP contribution in [-0.4, -0.2) is 74.0 Å². The highest BCUT2D eigenvalue weighted by atomic mass is 32.1. The molecule has 0 radical (unpaired) electrons. The van der Waals surface area contributed by atoms with Gasteiger partial charge in [0.05, 0.1) is 12.6 Å². The van der Waals surface area contributed by atoms with Crippen molar-refractivity contribution in [3.05, 3.63) is 22.4 Å². The van der Waals surface area contributed by atoms with Crippen molar-refractivity contribution in [2.45, 2.75) is 18.9 Å². The molecule has 1 unspecified atom stereocenters. The predicted octanol–water partition coefficient (Wildman–Crippen LogP) is 0.602. The van der Waals surface area contributed by atoms with E-state index < -0.39 is 0 Å². The largest absolute Gasteiger partial charge is 0.355 e. The monoisotopic (exact) mass is 378 g/mol. The number of nitrogens with zero attached hydrogens (tertiary/aromatic N) is 3. The third-order valence-electron chi connectivity index (χ3n) is 4.70. The quantitative estimate of drug-likeness (QED) is 0.367. The van der Waals surface area contributed by atoms with Crippen LogP contribution in [0.1, 0.15) is 23.8 Å². The number of amides is 3. The lowest BCUT2D eigenvalue weighted by Crippen LogP contribution is -2.45. The summed E-state index contributed by atoms with van der Waals surface area (Å²) in [5.74, 6) is 0.490. The minimum absolute atomic E-state index is 0.0874. The Bertz CT molecular complexity index is 626. The Labute approximate surface area is 157 Å². The molecule has 0 aromatic carbocycles. The normalized spacial score (nSPS) is 19.7. The summed E-state index contributed by atoms with van der Waals surface area (Å²) in [6, 6.07) is 4.28. The van der Waals surface area contributed by atoms with Gasteiger partial charge < -0.3 is 16.0 Å². The Kier molecular flexibility index (Phi) is 6.45. The summed E-state index contributed by atoms with van der Waals surface area (Å²) in [5, 5.41) is 11.2. The Hall–Kier alpha value is -2.13. The number of likely N-dealkylation sites (tertiary alicyclic amines) is 1. The molecule has 0 bridgehead atoms. The highest BCUT2D eigenvalue weighted by Crippen LogP contribution is 2.27. The van der Waals surface area contributed by atoms with Crippen molar-refractivity contribution in [3.8, 4) is 0 Å². The van der Waals surface area contributed by atoms with Crippen LogP contribution in [0.15, 0.2) is 22.5 Å². The van der Waals surface area contributed by atoms with E-state index in [9.17, 15) is 9.59 Å². The summed E-state index contributed by atoms with van der Waals surface area (Å²) in [6.45, 7) is 3.90. The number of nitrogens with one attached hydrogen (secondary N) is 3. The van der Waals surface area contributed by atoms with E-state index in [1.807, 2.05) is 0 Å². The highest BCUT2D eigenvalue weighted by Gasteiger charge is 2.28. The molecule has 3 rings (SSSR count). The van der Waals surface area contributed by atoms with Crippen LogP contribution in [0.3, 0.4) is 0 Å². The van der Waals surface area contributed by atoms with Crippen molar-refractivity contribution < 1.29 is 9.59 Å². The summed E-state index contributed by atoms with van der Waals surface area (Å²) in [5.41, 5.74) is 0. The van der Waals surface area contributed by atoms with Crippen LogP contribution in [0.25, 0.3) is 0 Å². The van der Waals surface area contributed by atoms with Crippen molar-refractivity contribution in [2.75, 3.05) is 46.3 Å². The van der Waals surface area contributed by atoms with Gasteiger partial charge in [-0.1, -0.05) is 6.07 Å². The van der Waals surface area contributed by atoms with E-state index in [0.717, 1.165) is 19.6 Å². The maximum Gasteiger partial charge on any atom is 0.324 e. The Balaban J connectivity index is 1.49. The van der Waals surface area contributed by atoms with Crippen LogP contribution in [0.5, 0.6) is 0 Å². The first-order valence-corrected chi connectivity index (χ1v) is 9.87. The zero-order valence-corrected chi connectivity index (χ0v) is 15.8. The molecule has 0 aliphatic carbocycles. The van der Waals surface area contributed by atoms with Gasteiger partial charge in [-0.05, 0) is 37.4 Å². The van der Waals surface area contributed by atoms with Crippen LogP contribution in [-0.2, 0) is 4.79 Å². The molecule has 3 amide bonds. The summed E-state index contributed by atoms with van der Waals surface area (Å²) < 4.78 is 0. The van der Waals surface area contributed by atoms with Crippen molar-refractivity contribution in [2.24, 2.45) is 4.99 Å². The molecule has 3 heterocycles. The summed E-state index contributed by atoms with van der Waals surface area (Å²) in [4.78, 5) is 32.5. The fourth-order valence-corrected chi connectivity index (χ4v) is 4.19. The van der Waals surface area contributed by atoms with Gasteiger partial charge in [0, 0.05) is 31.6 Å². The van der Waals surface area contributed by atoms with Crippen LogP contribution in [0.4, 0.5) is 4.79 Å². The standard InChI is InChI=1S/C17H26N6O2S/c1-18-16(19-6-9-23-15(24)12-21-17(23)25)20-11-13(14-5-4-10-26-14)22-7-2-3-8-22/h4-5,10,13H,2-3,6-9,11-12H2,1H3,(H,21,25)(H2,18,19,20). The molecule has 142 valence electrons. The highest BCUT2D eigenvalue weighted by molar-refractivity contribution is 7.10. The van der Waals surface area contributed by atoms with Gasteiger partial charge in [0.2, 0.25) is 5.91 Å². The Morgan fingerprint density at radius 1 is 1.35 bits per heavy atom. The number of hydrogen-bond acceptors (Lipinski definition) is 5. The summed E-state index contributed by atoms with van der Waals surface area (Å²) in [6.07, 6.45) is 2.50. The molecular formula is C17H26N6O2S. The SMILES string of the molecule is CN=C(NCCN1C(=O)CNC1=O)NCC(c1cccs1)N1CCCC1.